The molecule has 0 aromatic rings. The molecule has 0 bridgehead atoms. The number of aliphatic hydroxyl groups is 1. The number of carbonyl (C=O) groups excluding carboxylic acids is 2. The Hall–Kier alpha value is -0.980. The summed E-state index contributed by atoms with van der Waals surface area (Å²) in [5.74, 6) is 0.407. The number of likely N-dealkylation sites (tertiary alicyclic amines) is 1. The van der Waals surface area contributed by atoms with E-state index in [1.807, 2.05) is 4.90 Å². The molecule has 19 heavy (non-hydrogen) atoms. The van der Waals surface area contributed by atoms with E-state index in [4.69, 9.17) is 5.11 Å². The van der Waals surface area contributed by atoms with Gasteiger partial charge in [0.2, 0.25) is 5.91 Å². The van der Waals surface area contributed by atoms with E-state index in [2.05, 4.69) is 9.80 Å². The predicted octanol–water partition coefficient (Wildman–Crippen LogP) is -1.21. The summed E-state index contributed by atoms with van der Waals surface area (Å²) >= 11 is 0. The van der Waals surface area contributed by atoms with Gasteiger partial charge in [-0.3, -0.25) is 19.4 Å². The highest BCUT2D eigenvalue weighted by molar-refractivity contribution is 5.84. The van der Waals surface area contributed by atoms with Crippen molar-refractivity contribution < 1.29 is 14.7 Å². The van der Waals surface area contributed by atoms with Crippen molar-refractivity contribution in [2.45, 2.75) is 12.8 Å². The zero-order chi connectivity index (χ0) is 13.7. The minimum atomic E-state index is 0.142. The van der Waals surface area contributed by atoms with Gasteiger partial charge in [-0.25, -0.2) is 0 Å². The number of hydrogen-bond donors (Lipinski definition) is 1. The Bertz CT molecular complexity index is 317. The lowest BCUT2D eigenvalue weighted by molar-refractivity contribution is -0.135. The second-order valence-corrected chi connectivity index (χ2v) is 5.26. The summed E-state index contributed by atoms with van der Waals surface area (Å²) in [6.45, 7) is 6.11. The molecule has 1 N–H and O–H groups in total. The topological polar surface area (TPSA) is 64.1 Å². The van der Waals surface area contributed by atoms with Crippen molar-refractivity contribution >= 4 is 11.7 Å². The summed E-state index contributed by atoms with van der Waals surface area (Å²) in [5, 5.41) is 8.88. The minimum Gasteiger partial charge on any atom is -0.395 e. The first-order valence-electron chi connectivity index (χ1n) is 7.04. The summed E-state index contributed by atoms with van der Waals surface area (Å²) in [5.41, 5.74) is 0. The summed E-state index contributed by atoms with van der Waals surface area (Å²) in [6.07, 6.45) is 1.02. The van der Waals surface area contributed by atoms with Crippen LogP contribution in [0, 0.1) is 0 Å². The molecule has 0 spiro atoms. The fourth-order valence-electron chi connectivity index (χ4n) is 2.61. The van der Waals surface area contributed by atoms with Crippen LogP contribution in [0.4, 0.5) is 0 Å². The first-order chi connectivity index (χ1) is 9.19. The summed E-state index contributed by atoms with van der Waals surface area (Å²) < 4.78 is 0. The van der Waals surface area contributed by atoms with Crippen LogP contribution >= 0.6 is 0 Å². The van der Waals surface area contributed by atoms with Crippen molar-refractivity contribution in [1.29, 1.82) is 0 Å². The van der Waals surface area contributed by atoms with E-state index in [-0.39, 0.29) is 18.3 Å². The lowest BCUT2D eigenvalue weighted by Gasteiger charge is -2.35. The number of rotatable bonds is 4. The molecule has 0 saturated carbocycles. The molecule has 2 aliphatic rings. The third-order valence-corrected chi connectivity index (χ3v) is 3.91. The molecule has 0 aliphatic carbocycles. The SMILES string of the molecule is O=C1CCN(C(=O)CN2CCN(CCO)CC2)CC1. The van der Waals surface area contributed by atoms with Crippen molar-refractivity contribution in [2.75, 3.05) is 59.0 Å². The highest BCUT2D eigenvalue weighted by Gasteiger charge is 2.24. The van der Waals surface area contributed by atoms with Gasteiger partial charge in [0.15, 0.2) is 0 Å². The number of amides is 1. The monoisotopic (exact) mass is 269 g/mol. The molecule has 6 heteroatoms. The molecule has 0 atom stereocenters. The number of piperazine rings is 1. The maximum atomic E-state index is 12.1. The Kier molecular flexibility index (Phi) is 5.30. The lowest BCUT2D eigenvalue weighted by atomic mass is 10.1. The highest BCUT2D eigenvalue weighted by atomic mass is 16.3. The van der Waals surface area contributed by atoms with Gasteiger partial charge in [-0.15, -0.1) is 0 Å². The average Bonchev–Trinajstić information content (AvgIpc) is 2.42. The Balaban J connectivity index is 1.70. The van der Waals surface area contributed by atoms with E-state index >= 15 is 0 Å². The van der Waals surface area contributed by atoms with Crippen LogP contribution < -0.4 is 0 Å². The third kappa shape index (κ3) is 4.26. The quantitative estimate of drug-likeness (QED) is 0.694. The number of Topliss-reactive ketones (excluding diaryl/α,β-unsaturated/α-hetero) is 1. The smallest absolute Gasteiger partial charge is 0.236 e. The van der Waals surface area contributed by atoms with Gasteiger partial charge in [-0.05, 0) is 0 Å². The normalized spacial score (nSPS) is 22.8. The molecule has 1 amide bonds. The number of nitrogens with zero attached hydrogens (tertiary/aromatic N) is 3. The van der Waals surface area contributed by atoms with Crippen molar-refractivity contribution in [1.82, 2.24) is 14.7 Å². The highest BCUT2D eigenvalue weighted by Crippen LogP contribution is 2.08. The molecule has 2 rings (SSSR count). The fourth-order valence-corrected chi connectivity index (χ4v) is 2.61. The van der Waals surface area contributed by atoms with E-state index < -0.39 is 0 Å². The standard InChI is InChI=1S/C13H23N3O3/c17-10-9-14-5-7-15(8-6-14)11-13(19)16-3-1-12(18)2-4-16/h17H,1-11H2. The van der Waals surface area contributed by atoms with Crippen LogP contribution in [-0.4, -0.2) is 90.5 Å². The van der Waals surface area contributed by atoms with Crippen LogP contribution in [0.15, 0.2) is 0 Å². The first kappa shape index (κ1) is 14.4. The Morgan fingerprint density at radius 2 is 1.58 bits per heavy atom. The van der Waals surface area contributed by atoms with Gasteiger partial charge in [-0.1, -0.05) is 0 Å². The van der Waals surface area contributed by atoms with Crippen molar-refractivity contribution in [2.24, 2.45) is 0 Å². The summed E-state index contributed by atoms with van der Waals surface area (Å²) in [4.78, 5) is 29.4. The number of hydrogen-bond acceptors (Lipinski definition) is 5. The van der Waals surface area contributed by atoms with Crippen molar-refractivity contribution in [3.8, 4) is 0 Å². The van der Waals surface area contributed by atoms with Crippen molar-refractivity contribution in [3.05, 3.63) is 0 Å². The molecule has 6 nitrogen and oxygen atoms in total. The van der Waals surface area contributed by atoms with Crippen LogP contribution in [0.3, 0.4) is 0 Å². The zero-order valence-corrected chi connectivity index (χ0v) is 11.4. The van der Waals surface area contributed by atoms with Crippen LogP contribution in [-0.2, 0) is 9.59 Å². The van der Waals surface area contributed by atoms with E-state index in [0.29, 0.717) is 32.5 Å². The largest absolute Gasteiger partial charge is 0.395 e. The lowest BCUT2D eigenvalue weighted by Crippen LogP contribution is -2.51. The molecule has 108 valence electrons. The molecular weight excluding hydrogens is 246 g/mol. The third-order valence-electron chi connectivity index (χ3n) is 3.91. The minimum absolute atomic E-state index is 0.142. The molecule has 0 radical (unpaired) electrons. The van der Waals surface area contributed by atoms with Crippen molar-refractivity contribution in [3.63, 3.8) is 0 Å². The van der Waals surface area contributed by atoms with Gasteiger partial charge in [0.1, 0.15) is 5.78 Å². The molecule has 0 aromatic carbocycles. The maximum Gasteiger partial charge on any atom is 0.236 e. The second-order valence-electron chi connectivity index (χ2n) is 5.26. The van der Waals surface area contributed by atoms with Crippen LogP contribution in [0.2, 0.25) is 0 Å². The van der Waals surface area contributed by atoms with Crippen LogP contribution in [0.1, 0.15) is 12.8 Å². The van der Waals surface area contributed by atoms with Gasteiger partial charge >= 0.3 is 0 Å². The predicted molar refractivity (Wildman–Crippen MR) is 70.8 cm³/mol. The van der Waals surface area contributed by atoms with E-state index in [9.17, 15) is 9.59 Å². The zero-order valence-electron chi connectivity index (χ0n) is 11.4. The van der Waals surface area contributed by atoms with Gasteiger partial charge in [0.25, 0.3) is 0 Å². The van der Waals surface area contributed by atoms with Gasteiger partial charge in [-0.2, -0.15) is 0 Å². The fraction of sp³-hybridized carbons (Fsp3) is 0.846. The molecule has 2 aliphatic heterocycles. The molecule has 2 fully saturated rings. The van der Waals surface area contributed by atoms with Crippen LogP contribution in [0.5, 0.6) is 0 Å². The average molecular weight is 269 g/mol. The number of aliphatic hydroxyl groups excluding tert-OH is 1. The van der Waals surface area contributed by atoms with Crippen LogP contribution in [0.25, 0.3) is 0 Å². The van der Waals surface area contributed by atoms with Gasteiger partial charge < -0.3 is 10.0 Å². The molecular formula is C13H23N3O3. The number of carbonyl (C=O) groups is 2. The second kappa shape index (κ2) is 6.98. The van der Waals surface area contributed by atoms with Gasteiger partial charge in [0.05, 0.1) is 13.2 Å². The maximum absolute atomic E-state index is 12.1. The number of piperidine rings is 1. The molecule has 2 heterocycles. The van der Waals surface area contributed by atoms with E-state index in [0.717, 1.165) is 32.7 Å². The Labute approximate surface area is 114 Å². The first-order valence-corrected chi connectivity index (χ1v) is 7.04. The van der Waals surface area contributed by atoms with E-state index in [1.54, 1.807) is 0 Å². The van der Waals surface area contributed by atoms with E-state index in [1.165, 1.54) is 0 Å². The molecule has 2 saturated heterocycles. The summed E-state index contributed by atoms with van der Waals surface area (Å²) in [6, 6.07) is 0. The Morgan fingerprint density at radius 1 is 1.00 bits per heavy atom. The number of ketones is 1. The molecule has 0 unspecified atom stereocenters. The molecule has 0 aromatic heterocycles. The van der Waals surface area contributed by atoms with Gasteiger partial charge in [0, 0.05) is 58.7 Å². The Morgan fingerprint density at radius 3 is 2.16 bits per heavy atom. The summed E-state index contributed by atoms with van der Waals surface area (Å²) in [7, 11) is 0. The number of β-amino-alcohol motifs (C(OH)–C–C–N with tert-alkyl or cyclic N) is 1.